The SMILES string of the molecule is COC1=C(Br)[C@H](O)[C@@]2(C=C1Br)CC(C(=O)NCCCc1cnc[nH]1)=NO2. The van der Waals surface area contributed by atoms with E-state index in [9.17, 15) is 9.90 Å². The van der Waals surface area contributed by atoms with E-state index < -0.39 is 11.7 Å². The fourth-order valence-corrected chi connectivity index (χ4v) is 4.61. The quantitative estimate of drug-likeness (QED) is 0.528. The average molecular weight is 490 g/mol. The predicted octanol–water partition coefficient (Wildman–Crippen LogP) is 1.88. The topological polar surface area (TPSA) is 109 Å². The molecule has 1 aliphatic carbocycles. The number of hydrogen-bond donors (Lipinski definition) is 3. The molecule has 1 aromatic heterocycles. The number of carbonyl (C=O) groups excluding carboxylic acids is 1. The van der Waals surface area contributed by atoms with Gasteiger partial charge in [-0.3, -0.25) is 4.79 Å². The minimum atomic E-state index is -1.14. The van der Waals surface area contributed by atoms with Crippen LogP contribution in [-0.2, 0) is 20.8 Å². The van der Waals surface area contributed by atoms with Crippen LogP contribution in [0.15, 0.2) is 38.5 Å². The highest BCUT2D eigenvalue weighted by molar-refractivity contribution is 9.12. The molecule has 8 nitrogen and oxygen atoms in total. The number of H-pyrrole nitrogens is 1. The van der Waals surface area contributed by atoms with Crippen LogP contribution in [-0.4, -0.2) is 52.1 Å². The van der Waals surface area contributed by atoms with Gasteiger partial charge in [0.25, 0.3) is 5.91 Å². The Bertz CT molecular complexity index is 775. The lowest BCUT2D eigenvalue weighted by Gasteiger charge is -2.33. The maximum atomic E-state index is 12.3. The number of aliphatic hydroxyl groups is 1. The Balaban J connectivity index is 1.56. The van der Waals surface area contributed by atoms with Crippen molar-refractivity contribution >= 4 is 43.5 Å². The third-order valence-corrected chi connectivity index (χ3v) is 5.59. The Morgan fingerprint density at radius 2 is 2.38 bits per heavy atom. The summed E-state index contributed by atoms with van der Waals surface area (Å²) in [6.07, 6.45) is 5.74. The Labute approximate surface area is 167 Å². The number of aliphatic hydroxyl groups excluding tert-OH is 1. The molecule has 1 aliphatic heterocycles. The summed E-state index contributed by atoms with van der Waals surface area (Å²) in [4.78, 5) is 24.7. The first-order chi connectivity index (χ1) is 12.5. The fraction of sp³-hybridized carbons (Fsp3) is 0.438. The lowest BCUT2D eigenvalue weighted by atomic mass is 9.87. The van der Waals surface area contributed by atoms with Crippen LogP contribution in [0.25, 0.3) is 0 Å². The van der Waals surface area contributed by atoms with Gasteiger partial charge in [-0.05, 0) is 50.8 Å². The molecule has 3 N–H and O–H groups in total. The van der Waals surface area contributed by atoms with Crippen molar-refractivity contribution in [2.24, 2.45) is 5.16 Å². The summed E-state index contributed by atoms with van der Waals surface area (Å²) in [7, 11) is 1.50. The zero-order chi connectivity index (χ0) is 18.7. The van der Waals surface area contributed by atoms with E-state index in [0.717, 1.165) is 18.5 Å². The molecule has 1 aromatic rings. The Kier molecular flexibility index (Phi) is 5.83. The van der Waals surface area contributed by atoms with E-state index in [-0.39, 0.29) is 18.0 Å². The predicted molar refractivity (Wildman–Crippen MR) is 102 cm³/mol. The number of aromatic amines is 1. The number of imidazole rings is 1. The van der Waals surface area contributed by atoms with Crippen LogP contribution >= 0.6 is 31.9 Å². The summed E-state index contributed by atoms with van der Waals surface area (Å²) >= 11 is 6.72. The van der Waals surface area contributed by atoms with Crippen molar-refractivity contribution in [1.82, 2.24) is 15.3 Å². The minimum absolute atomic E-state index is 0.155. The number of nitrogens with zero attached hydrogens (tertiary/aromatic N) is 2. The molecule has 0 saturated carbocycles. The molecule has 0 saturated heterocycles. The van der Waals surface area contributed by atoms with Crippen LogP contribution in [0, 0.1) is 0 Å². The van der Waals surface area contributed by atoms with Gasteiger partial charge in [0.05, 0.1) is 22.4 Å². The van der Waals surface area contributed by atoms with Crippen LogP contribution in [0.5, 0.6) is 0 Å². The van der Waals surface area contributed by atoms with Gasteiger partial charge in [-0.1, -0.05) is 5.16 Å². The largest absolute Gasteiger partial charge is 0.495 e. The van der Waals surface area contributed by atoms with Gasteiger partial charge in [0.1, 0.15) is 17.6 Å². The molecular formula is C16H18Br2N4O4. The highest BCUT2D eigenvalue weighted by atomic mass is 79.9. The van der Waals surface area contributed by atoms with Crippen molar-refractivity contribution in [3.05, 3.63) is 39.0 Å². The zero-order valence-corrected chi connectivity index (χ0v) is 17.1. The number of rotatable bonds is 6. The lowest BCUT2D eigenvalue weighted by molar-refractivity contribution is -0.114. The Hall–Kier alpha value is -1.65. The van der Waals surface area contributed by atoms with Gasteiger partial charge in [0.15, 0.2) is 5.60 Å². The number of amides is 1. The molecule has 2 aliphatic rings. The number of aromatic nitrogens is 2. The second-order valence-electron chi connectivity index (χ2n) is 5.97. The third kappa shape index (κ3) is 3.72. The standard InChI is InChI=1S/C16H18Br2N4O4/c1-25-13-10(17)5-16(14(23)12(13)18)6-11(22-26-16)15(24)20-4-2-3-9-7-19-8-21-9/h5,7-8,14,23H,2-4,6H2,1H3,(H,19,21)(H,20,24)/t14-,16+/m0/s1. The van der Waals surface area contributed by atoms with Crippen molar-refractivity contribution in [3.63, 3.8) is 0 Å². The molecule has 10 heteroatoms. The monoisotopic (exact) mass is 488 g/mol. The van der Waals surface area contributed by atoms with Crippen molar-refractivity contribution in [2.75, 3.05) is 13.7 Å². The number of ether oxygens (including phenoxy) is 1. The zero-order valence-electron chi connectivity index (χ0n) is 14.0. The molecule has 2 heterocycles. The summed E-state index contributed by atoms with van der Waals surface area (Å²) in [6.45, 7) is 0.503. The summed E-state index contributed by atoms with van der Waals surface area (Å²) in [5, 5.41) is 17.3. The summed E-state index contributed by atoms with van der Waals surface area (Å²) in [5.74, 6) is 0.171. The summed E-state index contributed by atoms with van der Waals surface area (Å²) in [5.41, 5.74) is 0.122. The molecule has 1 amide bonds. The van der Waals surface area contributed by atoms with E-state index in [1.807, 2.05) is 0 Å². The van der Waals surface area contributed by atoms with E-state index in [0.29, 0.717) is 21.3 Å². The van der Waals surface area contributed by atoms with E-state index in [4.69, 9.17) is 9.57 Å². The van der Waals surface area contributed by atoms with E-state index in [1.54, 1.807) is 18.6 Å². The van der Waals surface area contributed by atoms with Gasteiger partial charge in [-0.15, -0.1) is 0 Å². The number of oxime groups is 1. The molecule has 0 bridgehead atoms. The summed E-state index contributed by atoms with van der Waals surface area (Å²) < 4.78 is 6.29. The maximum absolute atomic E-state index is 12.3. The molecular weight excluding hydrogens is 472 g/mol. The normalized spacial score (nSPS) is 25.0. The number of aryl methyl sites for hydroxylation is 1. The molecule has 0 unspecified atom stereocenters. The van der Waals surface area contributed by atoms with Gasteiger partial charge >= 0.3 is 0 Å². The van der Waals surface area contributed by atoms with E-state index in [1.165, 1.54) is 7.11 Å². The number of nitrogens with one attached hydrogen (secondary N) is 2. The first kappa shape index (κ1) is 19.1. The Morgan fingerprint density at radius 1 is 1.58 bits per heavy atom. The number of hydrogen-bond acceptors (Lipinski definition) is 6. The maximum Gasteiger partial charge on any atom is 0.269 e. The van der Waals surface area contributed by atoms with Crippen LogP contribution in [0.1, 0.15) is 18.5 Å². The molecule has 26 heavy (non-hydrogen) atoms. The lowest BCUT2D eigenvalue weighted by Crippen LogP contribution is -2.45. The van der Waals surface area contributed by atoms with Crippen molar-refractivity contribution in [1.29, 1.82) is 0 Å². The van der Waals surface area contributed by atoms with Crippen molar-refractivity contribution in [3.8, 4) is 0 Å². The van der Waals surface area contributed by atoms with Crippen LogP contribution < -0.4 is 5.32 Å². The molecule has 1 spiro atoms. The number of methoxy groups -OCH3 is 1. The molecule has 3 rings (SSSR count). The minimum Gasteiger partial charge on any atom is -0.495 e. The van der Waals surface area contributed by atoms with Gasteiger partial charge < -0.3 is 25.0 Å². The second kappa shape index (κ2) is 7.93. The average Bonchev–Trinajstić information content (AvgIpc) is 3.28. The highest BCUT2D eigenvalue weighted by Gasteiger charge is 2.50. The van der Waals surface area contributed by atoms with Gasteiger partial charge in [0.2, 0.25) is 0 Å². The van der Waals surface area contributed by atoms with Gasteiger partial charge in [-0.25, -0.2) is 4.98 Å². The third-order valence-electron chi connectivity index (χ3n) is 4.21. The first-order valence-electron chi connectivity index (χ1n) is 7.98. The van der Waals surface area contributed by atoms with Crippen molar-refractivity contribution in [2.45, 2.75) is 31.0 Å². The fourth-order valence-electron chi connectivity index (χ4n) is 2.82. The highest BCUT2D eigenvalue weighted by Crippen LogP contribution is 2.43. The van der Waals surface area contributed by atoms with E-state index in [2.05, 4.69) is 52.3 Å². The second-order valence-corrected chi connectivity index (χ2v) is 7.68. The number of allylic oxidation sites excluding steroid dienone is 1. The van der Waals surface area contributed by atoms with Crippen LogP contribution in [0.4, 0.5) is 0 Å². The molecule has 140 valence electrons. The van der Waals surface area contributed by atoms with E-state index >= 15 is 0 Å². The number of halogens is 2. The molecule has 0 radical (unpaired) electrons. The van der Waals surface area contributed by atoms with Crippen LogP contribution in [0.2, 0.25) is 0 Å². The van der Waals surface area contributed by atoms with Crippen LogP contribution in [0.3, 0.4) is 0 Å². The first-order valence-corrected chi connectivity index (χ1v) is 9.56. The van der Waals surface area contributed by atoms with Gasteiger partial charge in [-0.2, -0.15) is 0 Å². The smallest absolute Gasteiger partial charge is 0.269 e. The van der Waals surface area contributed by atoms with Gasteiger partial charge in [0, 0.05) is 24.9 Å². The Morgan fingerprint density at radius 3 is 3.08 bits per heavy atom. The number of carbonyl (C=O) groups is 1. The molecule has 0 fully saturated rings. The molecule has 0 aromatic carbocycles. The summed E-state index contributed by atoms with van der Waals surface area (Å²) in [6, 6.07) is 0. The molecule has 2 atom stereocenters. The van der Waals surface area contributed by atoms with Crippen molar-refractivity contribution < 1.29 is 19.5 Å².